The third-order valence-electron chi connectivity index (χ3n) is 5.80. The van der Waals surface area contributed by atoms with Crippen molar-refractivity contribution in [3.8, 4) is 10.6 Å². The highest BCUT2D eigenvalue weighted by atomic mass is 32.1. The SMILES string of the molecule is C[C@@H]1CCC(=O)N(C[C@@H](N)CC(=O)N2CCc3sc(-c4ccc(F)cc4)nc3C2)C1. The molecule has 2 aliphatic heterocycles. The largest absolute Gasteiger partial charge is 0.341 e. The van der Waals surface area contributed by atoms with Gasteiger partial charge in [-0.15, -0.1) is 11.3 Å². The molecule has 0 radical (unpaired) electrons. The van der Waals surface area contributed by atoms with Crippen molar-refractivity contribution in [3.63, 3.8) is 0 Å². The van der Waals surface area contributed by atoms with E-state index >= 15 is 0 Å². The van der Waals surface area contributed by atoms with Crippen molar-refractivity contribution in [2.45, 2.75) is 45.2 Å². The first-order valence-corrected chi connectivity index (χ1v) is 11.3. The molecule has 1 aromatic heterocycles. The molecule has 2 amide bonds. The molecule has 1 aromatic carbocycles. The Morgan fingerprint density at radius 3 is 2.87 bits per heavy atom. The number of nitrogens with two attached hydrogens (primary N) is 1. The van der Waals surface area contributed by atoms with Crippen molar-refractivity contribution in [3.05, 3.63) is 40.7 Å². The first kappa shape index (κ1) is 20.9. The number of piperidine rings is 1. The average molecular weight is 431 g/mol. The number of thiazole rings is 1. The molecule has 0 spiro atoms. The number of benzene rings is 1. The van der Waals surface area contributed by atoms with E-state index in [1.165, 1.54) is 17.0 Å². The Kier molecular flexibility index (Phi) is 6.15. The van der Waals surface area contributed by atoms with E-state index in [9.17, 15) is 14.0 Å². The lowest BCUT2D eigenvalue weighted by Gasteiger charge is -2.33. The molecular weight excluding hydrogens is 403 g/mol. The topological polar surface area (TPSA) is 79.5 Å². The maximum absolute atomic E-state index is 13.2. The first-order valence-electron chi connectivity index (χ1n) is 10.4. The quantitative estimate of drug-likeness (QED) is 0.791. The Morgan fingerprint density at radius 1 is 1.33 bits per heavy atom. The molecule has 30 heavy (non-hydrogen) atoms. The Hall–Kier alpha value is -2.32. The monoisotopic (exact) mass is 430 g/mol. The molecular formula is C22H27FN4O2S. The molecule has 2 aromatic rings. The maximum atomic E-state index is 13.2. The van der Waals surface area contributed by atoms with E-state index in [0.717, 1.165) is 35.7 Å². The fraction of sp³-hybridized carbons (Fsp3) is 0.500. The van der Waals surface area contributed by atoms with Gasteiger partial charge in [0, 0.05) is 55.4 Å². The highest BCUT2D eigenvalue weighted by Gasteiger charge is 2.28. The molecule has 8 heteroatoms. The smallest absolute Gasteiger partial charge is 0.224 e. The van der Waals surface area contributed by atoms with Crippen LogP contribution in [-0.2, 0) is 22.6 Å². The zero-order valence-electron chi connectivity index (χ0n) is 17.1. The van der Waals surface area contributed by atoms with Crippen LogP contribution in [0, 0.1) is 11.7 Å². The summed E-state index contributed by atoms with van der Waals surface area (Å²) in [6, 6.07) is 5.95. The zero-order chi connectivity index (χ0) is 21.3. The van der Waals surface area contributed by atoms with Gasteiger partial charge in [0.15, 0.2) is 0 Å². The lowest BCUT2D eigenvalue weighted by Crippen LogP contribution is -2.47. The second kappa shape index (κ2) is 8.81. The van der Waals surface area contributed by atoms with E-state index in [0.29, 0.717) is 32.0 Å². The molecule has 1 fully saturated rings. The minimum atomic E-state index is -0.363. The summed E-state index contributed by atoms with van der Waals surface area (Å²) in [4.78, 5) is 34.4. The van der Waals surface area contributed by atoms with Gasteiger partial charge in [-0.05, 0) is 36.6 Å². The molecule has 2 atom stereocenters. The summed E-state index contributed by atoms with van der Waals surface area (Å²) in [5.41, 5.74) is 8.02. The Balaban J connectivity index is 1.35. The Labute approximate surface area is 179 Å². The summed E-state index contributed by atoms with van der Waals surface area (Å²) in [5, 5.41) is 0.851. The van der Waals surface area contributed by atoms with Crippen LogP contribution in [0.3, 0.4) is 0 Å². The summed E-state index contributed by atoms with van der Waals surface area (Å²) in [7, 11) is 0. The lowest BCUT2D eigenvalue weighted by molar-refractivity contribution is -0.136. The third kappa shape index (κ3) is 4.70. The van der Waals surface area contributed by atoms with Crippen molar-refractivity contribution >= 4 is 23.2 Å². The predicted octanol–water partition coefficient (Wildman–Crippen LogP) is 2.81. The van der Waals surface area contributed by atoms with Crippen LogP contribution in [0.2, 0.25) is 0 Å². The van der Waals surface area contributed by atoms with E-state index in [1.807, 2.05) is 0 Å². The molecule has 4 rings (SSSR count). The summed E-state index contributed by atoms with van der Waals surface area (Å²) in [6.07, 6.45) is 2.48. The maximum Gasteiger partial charge on any atom is 0.224 e. The van der Waals surface area contributed by atoms with Crippen LogP contribution in [0.4, 0.5) is 4.39 Å². The summed E-state index contributed by atoms with van der Waals surface area (Å²) in [5.74, 6) is 0.344. The van der Waals surface area contributed by atoms with E-state index < -0.39 is 0 Å². The number of halogens is 1. The molecule has 0 aliphatic carbocycles. The number of rotatable bonds is 5. The van der Waals surface area contributed by atoms with Gasteiger partial charge in [-0.3, -0.25) is 9.59 Å². The molecule has 2 aliphatic rings. The zero-order valence-corrected chi connectivity index (χ0v) is 18.0. The second-order valence-corrected chi connectivity index (χ2v) is 9.45. The van der Waals surface area contributed by atoms with Crippen molar-refractivity contribution in [1.29, 1.82) is 0 Å². The molecule has 0 unspecified atom stereocenters. The third-order valence-corrected chi connectivity index (χ3v) is 7.01. The fourth-order valence-electron chi connectivity index (χ4n) is 4.10. The van der Waals surface area contributed by atoms with Crippen LogP contribution in [0.25, 0.3) is 10.6 Å². The van der Waals surface area contributed by atoms with Gasteiger partial charge in [0.05, 0.1) is 12.2 Å². The van der Waals surface area contributed by atoms with Crippen LogP contribution in [0.15, 0.2) is 24.3 Å². The highest BCUT2D eigenvalue weighted by molar-refractivity contribution is 7.15. The van der Waals surface area contributed by atoms with Crippen molar-refractivity contribution in [1.82, 2.24) is 14.8 Å². The van der Waals surface area contributed by atoms with E-state index in [-0.39, 0.29) is 30.1 Å². The molecule has 0 bridgehead atoms. The van der Waals surface area contributed by atoms with Gasteiger partial charge in [0.2, 0.25) is 11.8 Å². The minimum absolute atomic E-state index is 0.00184. The van der Waals surface area contributed by atoms with Crippen molar-refractivity contribution < 1.29 is 14.0 Å². The second-order valence-electron chi connectivity index (χ2n) is 8.37. The van der Waals surface area contributed by atoms with Gasteiger partial charge in [0.25, 0.3) is 0 Å². The van der Waals surface area contributed by atoms with E-state index in [4.69, 9.17) is 10.7 Å². The predicted molar refractivity (Wildman–Crippen MR) is 114 cm³/mol. The molecule has 3 heterocycles. The van der Waals surface area contributed by atoms with Gasteiger partial charge in [0.1, 0.15) is 10.8 Å². The number of nitrogens with zero attached hydrogens (tertiary/aromatic N) is 3. The van der Waals surface area contributed by atoms with Gasteiger partial charge >= 0.3 is 0 Å². The van der Waals surface area contributed by atoms with Crippen LogP contribution in [0.1, 0.15) is 36.8 Å². The normalized spacial score (nSPS) is 20.2. The lowest BCUT2D eigenvalue weighted by atomic mass is 9.99. The minimum Gasteiger partial charge on any atom is -0.341 e. The van der Waals surface area contributed by atoms with Gasteiger partial charge in [-0.1, -0.05) is 6.92 Å². The summed E-state index contributed by atoms with van der Waals surface area (Å²) in [6.45, 7) is 4.40. The number of hydrogen-bond donors (Lipinski definition) is 1. The summed E-state index contributed by atoms with van der Waals surface area (Å²) < 4.78 is 13.2. The van der Waals surface area contributed by atoms with Gasteiger partial charge < -0.3 is 15.5 Å². The average Bonchev–Trinajstić information content (AvgIpc) is 3.14. The number of amides is 2. The number of carbonyl (C=O) groups excluding carboxylic acids is 2. The van der Waals surface area contributed by atoms with Crippen molar-refractivity contribution in [2.75, 3.05) is 19.6 Å². The van der Waals surface area contributed by atoms with E-state index in [2.05, 4.69) is 6.92 Å². The summed E-state index contributed by atoms with van der Waals surface area (Å²) >= 11 is 1.61. The fourth-order valence-corrected chi connectivity index (χ4v) is 5.17. The van der Waals surface area contributed by atoms with E-state index in [1.54, 1.807) is 33.3 Å². The number of carbonyl (C=O) groups is 2. The van der Waals surface area contributed by atoms with Gasteiger partial charge in [-0.25, -0.2) is 9.37 Å². The molecule has 0 saturated carbocycles. The number of likely N-dealkylation sites (tertiary alicyclic amines) is 1. The number of hydrogen-bond acceptors (Lipinski definition) is 5. The van der Waals surface area contributed by atoms with Crippen LogP contribution >= 0.6 is 11.3 Å². The molecule has 160 valence electrons. The van der Waals surface area contributed by atoms with Crippen LogP contribution < -0.4 is 5.73 Å². The molecule has 1 saturated heterocycles. The molecule has 2 N–H and O–H groups in total. The number of aromatic nitrogens is 1. The standard InChI is InChI=1S/C22H27FN4O2S/c1-14-2-7-20(28)27(11-14)12-17(24)10-21(29)26-9-8-19-18(13-26)25-22(30-19)15-3-5-16(23)6-4-15/h3-6,14,17H,2,7-13,24H2,1H3/t14-,17+/m1/s1. The molecule has 6 nitrogen and oxygen atoms in total. The van der Waals surface area contributed by atoms with Crippen molar-refractivity contribution in [2.24, 2.45) is 11.7 Å². The number of fused-ring (bicyclic) bond motifs is 1. The first-order chi connectivity index (χ1) is 14.4. The Morgan fingerprint density at radius 2 is 2.10 bits per heavy atom. The van der Waals surface area contributed by atoms with Gasteiger partial charge in [-0.2, -0.15) is 0 Å². The Bertz CT molecular complexity index is 930. The van der Waals surface area contributed by atoms with Crippen LogP contribution in [0.5, 0.6) is 0 Å². The highest BCUT2D eigenvalue weighted by Crippen LogP contribution is 2.32. The van der Waals surface area contributed by atoms with Crippen LogP contribution in [-0.4, -0.2) is 52.3 Å².